The predicted octanol–water partition coefficient (Wildman–Crippen LogP) is 5.47. The molecule has 0 unspecified atom stereocenters. The molecule has 2 aromatic carbocycles. The van der Waals surface area contributed by atoms with E-state index in [-0.39, 0.29) is 0 Å². The molecule has 0 N–H and O–H groups in total. The fourth-order valence-corrected chi connectivity index (χ4v) is 4.15. The highest BCUT2D eigenvalue weighted by molar-refractivity contribution is 7.07. The number of rotatable bonds is 4. The minimum absolute atomic E-state index is 0.657. The van der Waals surface area contributed by atoms with Gasteiger partial charge in [-0.2, -0.15) is 11.3 Å². The van der Waals surface area contributed by atoms with Crippen LogP contribution in [0.1, 0.15) is 11.1 Å². The van der Waals surface area contributed by atoms with Crippen LogP contribution in [0.3, 0.4) is 0 Å². The molecule has 3 nitrogen and oxygen atoms in total. The van der Waals surface area contributed by atoms with Gasteiger partial charge in [0.25, 0.3) is 0 Å². The zero-order chi connectivity index (χ0) is 17.9. The van der Waals surface area contributed by atoms with Crippen LogP contribution in [0.15, 0.2) is 53.2 Å². The quantitative estimate of drug-likeness (QED) is 0.594. The highest BCUT2D eigenvalue weighted by Crippen LogP contribution is 2.39. The van der Waals surface area contributed by atoms with Gasteiger partial charge < -0.3 is 9.47 Å². The maximum absolute atomic E-state index is 6.18. The van der Waals surface area contributed by atoms with Crippen LogP contribution in [-0.4, -0.2) is 25.2 Å². The lowest BCUT2D eigenvalue weighted by molar-refractivity contribution is 0.217. The molecule has 0 saturated carbocycles. The molecule has 0 spiro atoms. The topological polar surface area (TPSA) is 21.7 Å². The van der Waals surface area contributed by atoms with Crippen molar-refractivity contribution in [2.24, 2.45) is 0 Å². The molecule has 1 aromatic heterocycles. The van der Waals surface area contributed by atoms with Crippen molar-refractivity contribution in [3.8, 4) is 22.6 Å². The maximum Gasteiger partial charge on any atom is 0.165 e. The van der Waals surface area contributed by atoms with Crippen molar-refractivity contribution in [1.29, 1.82) is 0 Å². The van der Waals surface area contributed by atoms with E-state index in [2.05, 4.69) is 33.9 Å². The van der Waals surface area contributed by atoms with E-state index in [4.69, 9.17) is 21.1 Å². The molecule has 134 valence electrons. The van der Waals surface area contributed by atoms with E-state index in [0.717, 1.165) is 52.8 Å². The van der Waals surface area contributed by atoms with E-state index in [1.165, 1.54) is 5.56 Å². The van der Waals surface area contributed by atoms with Crippen LogP contribution in [-0.2, 0) is 13.1 Å². The number of nitrogens with zero attached hydrogens (tertiary/aromatic N) is 1. The van der Waals surface area contributed by atoms with Gasteiger partial charge in [0.1, 0.15) is 6.61 Å². The van der Waals surface area contributed by atoms with E-state index in [9.17, 15) is 0 Å². The Kier molecular flexibility index (Phi) is 5.16. The first-order chi connectivity index (χ1) is 12.7. The fourth-order valence-electron chi connectivity index (χ4n) is 3.30. The summed E-state index contributed by atoms with van der Waals surface area (Å²) in [5.74, 6) is 1.63. The van der Waals surface area contributed by atoms with Crippen molar-refractivity contribution >= 4 is 22.9 Å². The van der Waals surface area contributed by atoms with Crippen molar-refractivity contribution in [3.63, 3.8) is 0 Å². The van der Waals surface area contributed by atoms with Gasteiger partial charge >= 0.3 is 0 Å². The summed E-state index contributed by atoms with van der Waals surface area (Å²) >= 11 is 7.91. The average molecular weight is 386 g/mol. The summed E-state index contributed by atoms with van der Waals surface area (Å²) in [5, 5.41) is 5.06. The number of hydrogen-bond acceptors (Lipinski definition) is 4. The van der Waals surface area contributed by atoms with Crippen molar-refractivity contribution < 1.29 is 9.47 Å². The van der Waals surface area contributed by atoms with Gasteiger partial charge in [-0.1, -0.05) is 23.7 Å². The Balaban J connectivity index is 1.70. The summed E-state index contributed by atoms with van der Waals surface area (Å²) in [4.78, 5) is 2.41. The van der Waals surface area contributed by atoms with Crippen molar-refractivity contribution in [2.75, 3.05) is 20.3 Å². The standard InChI is InChI=1S/C21H20ClNO2S/c1-24-20-11-17(16-3-2-4-19(22)10-16)9-18-13-23(6-7-25-21(18)20)12-15-5-8-26-14-15/h2-5,8-11,14H,6-7,12-13H2,1H3. The number of halogens is 1. The minimum Gasteiger partial charge on any atom is -0.493 e. The number of fused-ring (bicyclic) bond motifs is 1. The number of ether oxygens (including phenoxy) is 2. The molecule has 0 amide bonds. The first kappa shape index (κ1) is 17.4. The van der Waals surface area contributed by atoms with Gasteiger partial charge in [-0.05, 0) is 57.8 Å². The van der Waals surface area contributed by atoms with Gasteiger partial charge in [-0.25, -0.2) is 0 Å². The van der Waals surface area contributed by atoms with Crippen LogP contribution < -0.4 is 9.47 Å². The third-order valence-electron chi connectivity index (χ3n) is 4.54. The molecular weight excluding hydrogens is 366 g/mol. The monoisotopic (exact) mass is 385 g/mol. The zero-order valence-corrected chi connectivity index (χ0v) is 16.1. The molecule has 0 aliphatic carbocycles. The Bertz CT molecular complexity index is 895. The Morgan fingerprint density at radius 2 is 2.12 bits per heavy atom. The number of hydrogen-bond donors (Lipinski definition) is 0. The van der Waals surface area contributed by atoms with Gasteiger partial charge in [-0.3, -0.25) is 4.90 Å². The van der Waals surface area contributed by atoms with Gasteiger partial charge in [0.2, 0.25) is 0 Å². The summed E-state index contributed by atoms with van der Waals surface area (Å²) in [7, 11) is 1.69. The van der Waals surface area contributed by atoms with Crippen LogP contribution in [0.5, 0.6) is 11.5 Å². The van der Waals surface area contributed by atoms with E-state index < -0.39 is 0 Å². The lowest BCUT2D eigenvalue weighted by atomic mass is 10.0. The van der Waals surface area contributed by atoms with Crippen molar-refractivity contribution in [3.05, 3.63) is 69.4 Å². The van der Waals surface area contributed by atoms with Crippen LogP contribution in [0.4, 0.5) is 0 Å². The van der Waals surface area contributed by atoms with Crippen LogP contribution in [0.2, 0.25) is 5.02 Å². The lowest BCUT2D eigenvalue weighted by Gasteiger charge is -2.19. The summed E-state index contributed by atoms with van der Waals surface area (Å²) in [6, 6.07) is 14.3. The smallest absolute Gasteiger partial charge is 0.165 e. The second-order valence-electron chi connectivity index (χ2n) is 6.37. The first-order valence-corrected chi connectivity index (χ1v) is 9.88. The second kappa shape index (κ2) is 7.70. The maximum atomic E-state index is 6.18. The lowest BCUT2D eigenvalue weighted by Crippen LogP contribution is -2.24. The molecule has 0 radical (unpaired) electrons. The molecule has 0 saturated heterocycles. The van der Waals surface area contributed by atoms with Gasteiger partial charge in [0.15, 0.2) is 11.5 Å². The predicted molar refractivity (Wildman–Crippen MR) is 107 cm³/mol. The summed E-state index contributed by atoms with van der Waals surface area (Å²) in [6.45, 7) is 3.30. The van der Waals surface area contributed by atoms with E-state index in [0.29, 0.717) is 6.61 Å². The Labute approximate surface area is 162 Å². The average Bonchev–Trinajstić information content (AvgIpc) is 3.06. The molecule has 1 aliphatic heterocycles. The third kappa shape index (κ3) is 3.73. The molecule has 3 aromatic rings. The van der Waals surface area contributed by atoms with Gasteiger partial charge in [0.05, 0.1) is 7.11 Å². The molecule has 5 heteroatoms. The van der Waals surface area contributed by atoms with Crippen LogP contribution in [0, 0.1) is 0 Å². The summed E-state index contributed by atoms with van der Waals surface area (Å²) < 4.78 is 11.7. The Morgan fingerprint density at radius 1 is 1.19 bits per heavy atom. The fraction of sp³-hybridized carbons (Fsp3) is 0.238. The van der Waals surface area contributed by atoms with Gasteiger partial charge in [0, 0.05) is 30.2 Å². The van der Waals surface area contributed by atoms with Crippen LogP contribution >= 0.6 is 22.9 Å². The number of benzene rings is 2. The van der Waals surface area contributed by atoms with Gasteiger partial charge in [-0.15, -0.1) is 0 Å². The molecule has 26 heavy (non-hydrogen) atoms. The molecule has 0 bridgehead atoms. The first-order valence-electron chi connectivity index (χ1n) is 8.56. The Morgan fingerprint density at radius 3 is 2.88 bits per heavy atom. The molecule has 0 fully saturated rings. The van der Waals surface area contributed by atoms with Crippen molar-refractivity contribution in [2.45, 2.75) is 13.1 Å². The van der Waals surface area contributed by atoms with Crippen molar-refractivity contribution in [1.82, 2.24) is 4.90 Å². The summed E-state index contributed by atoms with van der Waals surface area (Å²) in [6.07, 6.45) is 0. The molecule has 4 rings (SSSR count). The van der Waals surface area contributed by atoms with E-state index in [1.807, 2.05) is 24.3 Å². The van der Waals surface area contributed by atoms with Crippen LogP contribution in [0.25, 0.3) is 11.1 Å². The highest BCUT2D eigenvalue weighted by atomic mass is 35.5. The van der Waals surface area contributed by atoms with E-state index >= 15 is 0 Å². The zero-order valence-electron chi connectivity index (χ0n) is 14.6. The normalized spacial score (nSPS) is 14.4. The molecule has 1 aliphatic rings. The number of methoxy groups -OCH3 is 1. The molecule has 2 heterocycles. The molecular formula is C21H20ClNO2S. The van der Waals surface area contributed by atoms with E-state index in [1.54, 1.807) is 18.4 Å². The highest BCUT2D eigenvalue weighted by Gasteiger charge is 2.20. The summed E-state index contributed by atoms with van der Waals surface area (Å²) in [5.41, 5.74) is 4.65. The SMILES string of the molecule is COc1cc(-c2cccc(Cl)c2)cc2c1OCCN(Cc1ccsc1)C2. The largest absolute Gasteiger partial charge is 0.493 e. The number of thiophene rings is 1. The third-order valence-corrected chi connectivity index (χ3v) is 5.51. The Hall–Kier alpha value is -2.01. The molecule has 0 atom stereocenters. The minimum atomic E-state index is 0.657. The second-order valence-corrected chi connectivity index (χ2v) is 7.58.